The third-order valence-corrected chi connectivity index (χ3v) is 3.30. The van der Waals surface area contributed by atoms with Crippen LogP contribution in [0.1, 0.15) is 57.2 Å². The van der Waals surface area contributed by atoms with Gasteiger partial charge in [0.2, 0.25) is 0 Å². The first kappa shape index (κ1) is 14.6. The zero-order valence-corrected chi connectivity index (χ0v) is 13.1. The van der Waals surface area contributed by atoms with Crippen LogP contribution < -0.4 is 0 Å². The van der Waals surface area contributed by atoms with Crippen LogP contribution in [0, 0.1) is 12.8 Å². The van der Waals surface area contributed by atoms with Crippen LogP contribution in [-0.2, 0) is 6.42 Å². The molecule has 0 aliphatic carbocycles. The van der Waals surface area contributed by atoms with Gasteiger partial charge in [-0.15, -0.1) is 0 Å². The van der Waals surface area contributed by atoms with E-state index in [-0.39, 0.29) is 0 Å². The average molecular weight is 299 g/mol. The van der Waals surface area contributed by atoms with Crippen molar-refractivity contribution in [1.29, 1.82) is 0 Å². The molecule has 0 radical (unpaired) electrons. The highest BCUT2D eigenvalue weighted by Gasteiger charge is 2.11. The highest BCUT2D eigenvalue weighted by Crippen LogP contribution is 2.18. The van der Waals surface area contributed by atoms with E-state index < -0.39 is 0 Å². The van der Waals surface area contributed by atoms with Crippen molar-refractivity contribution in [3.63, 3.8) is 0 Å². The standard InChI is InChI=1S/C14H23BrN2/c1-9(2)6-12(15)8-13-7-11(5)16-14(17-13)10(3)4/h7,9-10,12H,6,8H2,1-5H3. The van der Waals surface area contributed by atoms with Crippen LogP contribution in [0.4, 0.5) is 0 Å². The number of aryl methyl sites for hydroxylation is 1. The molecule has 1 rings (SSSR count). The Morgan fingerprint density at radius 2 is 1.82 bits per heavy atom. The maximum Gasteiger partial charge on any atom is 0.131 e. The molecule has 1 atom stereocenters. The molecule has 0 amide bonds. The molecule has 1 aromatic heterocycles. The van der Waals surface area contributed by atoms with E-state index in [9.17, 15) is 0 Å². The van der Waals surface area contributed by atoms with Gasteiger partial charge in [-0.2, -0.15) is 0 Å². The third kappa shape index (κ3) is 5.15. The topological polar surface area (TPSA) is 25.8 Å². The van der Waals surface area contributed by atoms with Crippen LogP contribution in [0.25, 0.3) is 0 Å². The Hall–Kier alpha value is -0.440. The summed E-state index contributed by atoms with van der Waals surface area (Å²) in [5, 5.41) is 0. The fourth-order valence-electron chi connectivity index (χ4n) is 1.84. The molecular formula is C14H23BrN2. The van der Waals surface area contributed by atoms with Gasteiger partial charge in [0.25, 0.3) is 0 Å². The summed E-state index contributed by atoms with van der Waals surface area (Å²) in [6.07, 6.45) is 2.17. The van der Waals surface area contributed by atoms with Crippen LogP contribution in [0.5, 0.6) is 0 Å². The first-order valence-corrected chi connectivity index (χ1v) is 7.28. The summed E-state index contributed by atoms with van der Waals surface area (Å²) < 4.78 is 0. The molecule has 0 bridgehead atoms. The molecule has 3 heteroatoms. The molecule has 2 nitrogen and oxygen atoms in total. The lowest BCUT2D eigenvalue weighted by atomic mass is 10.0. The van der Waals surface area contributed by atoms with E-state index in [4.69, 9.17) is 0 Å². The Kier molecular flexibility index (Phi) is 5.57. The number of aromatic nitrogens is 2. The smallest absolute Gasteiger partial charge is 0.131 e. The summed E-state index contributed by atoms with van der Waals surface area (Å²) in [5.74, 6) is 2.07. The molecule has 0 aromatic carbocycles. The Morgan fingerprint density at radius 1 is 1.18 bits per heavy atom. The number of hydrogen-bond acceptors (Lipinski definition) is 2. The van der Waals surface area contributed by atoms with Crippen molar-refractivity contribution in [2.75, 3.05) is 0 Å². The van der Waals surface area contributed by atoms with Gasteiger partial charge >= 0.3 is 0 Å². The van der Waals surface area contributed by atoms with Crippen molar-refractivity contribution in [3.8, 4) is 0 Å². The maximum atomic E-state index is 4.64. The van der Waals surface area contributed by atoms with E-state index in [0.29, 0.717) is 16.7 Å². The maximum absolute atomic E-state index is 4.64. The predicted molar refractivity (Wildman–Crippen MR) is 76.7 cm³/mol. The highest BCUT2D eigenvalue weighted by molar-refractivity contribution is 9.09. The first-order valence-electron chi connectivity index (χ1n) is 6.37. The van der Waals surface area contributed by atoms with Crippen molar-refractivity contribution in [2.45, 2.75) is 58.2 Å². The minimum atomic E-state index is 0.396. The molecule has 0 spiro atoms. The van der Waals surface area contributed by atoms with Crippen molar-refractivity contribution >= 4 is 15.9 Å². The Labute approximate surface area is 113 Å². The summed E-state index contributed by atoms with van der Waals surface area (Å²) in [6, 6.07) is 2.10. The van der Waals surface area contributed by atoms with Crippen molar-refractivity contribution in [1.82, 2.24) is 9.97 Å². The summed E-state index contributed by atoms with van der Waals surface area (Å²) in [5.41, 5.74) is 2.23. The van der Waals surface area contributed by atoms with Crippen molar-refractivity contribution in [2.24, 2.45) is 5.92 Å². The van der Waals surface area contributed by atoms with Gasteiger partial charge in [0.1, 0.15) is 5.82 Å². The van der Waals surface area contributed by atoms with E-state index >= 15 is 0 Å². The number of halogens is 1. The number of rotatable bonds is 5. The molecule has 0 N–H and O–H groups in total. The SMILES string of the molecule is Cc1cc(CC(Br)CC(C)C)nc(C(C)C)n1. The van der Waals surface area contributed by atoms with Gasteiger partial charge < -0.3 is 0 Å². The van der Waals surface area contributed by atoms with Crippen LogP contribution >= 0.6 is 15.9 Å². The minimum Gasteiger partial charge on any atom is -0.238 e. The van der Waals surface area contributed by atoms with Gasteiger partial charge in [0.15, 0.2) is 0 Å². The molecule has 0 saturated carbocycles. The van der Waals surface area contributed by atoms with Crippen molar-refractivity contribution in [3.05, 3.63) is 23.3 Å². The van der Waals surface area contributed by atoms with Gasteiger partial charge in [-0.3, -0.25) is 0 Å². The molecule has 17 heavy (non-hydrogen) atoms. The fourth-order valence-corrected chi connectivity index (χ4v) is 2.92. The summed E-state index contributed by atoms with van der Waals surface area (Å²) in [6.45, 7) is 10.8. The quantitative estimate of drug-likeness (QED) is 0.759. The predicted octanol–water partition coefficient (Wildman–Crippen LogP) is 4.26. The Morgan fingerprint density at radius 3 is 2.35 bits per heavy atom. The van der Waals surface area contributed by atoms with Crippen LogP contribution in [0.15, 0.2) is 6.07 Å². The second-order valence-electron chi connectivity index (χ2n) is 5.44. The zero-order valence-electron chi connectivity index (χ0n) is 11.5. The Balaban J connectivity index is 2.77. The molecule has 1 unspecified atom stereocenters. The van der Waals surface area contributed by atoms with Gasteiger partial charge in [0.05, 0.1) is 0 Å². The van der Waals surface area contributed by atoms with E-state index in [1.165, 1.54) is 6.42 Å². The molecule has 0 fully saturated rings. The van der Waals surface area contributed by atoms with Crippen LogP contribution in [0.3, 0.4) is 0 Å². The third-order valence-electron chi connectivity index (χ3n) is 2.60. The van der Waals surface area contributed by atoms with E-state index in [2.05, 4.69) is 59.7 Å². The van der Waals surface area contributed by atoms with E-state index in [0.717, 1.165) is 23.6 Å². The summed E-state index contributed by atoms with van der Waals surface area (Å²) >= 11 is 3.74. The van der Waals surface area contributed by atoms with E-state index in [1.807, 2.05) is 6.92 Å². The first-order chi connectivity index (χ1) is 7.88. The van der Waals surface area contributed by atoms with Gasteiger partial charge in [-0.1, -0.05) is 43.6 Å². The zero-order chi connectivity index (χ0) is 13.0. The number of hydrogen-bond donors (Lipinski definition) is 0. The normalized spacial score (nSPS) is 13.4. The molecule has 96 valence electrons. The largest absolute Gasteiger partial charge is 0.238 e. The summed E-state index contributed by atoms with van der Waals surface area (Å²) in [7, 11) is 0. The molecule has 1 heterocycles. The number of alkyl halides is 1. The molecule has 0 aliphatic rings. The van der Waals surface area contributed by atoms with Gasteiger partial charge in [-0.25, -0.2) is 9.97 Å². The second kappa shape index (κ2) is 6.48. The monoisotopic (exact) mass is 298 g/mol. The minimum absolute atomic E-state index is 0.396. The number of nitrogens with zero attached hydrogens (tertiary/aromatic N) is 2. The van der Waals surface area contributed by atoms with E-state index in [1.54, 1.807) is 0 Å². The van der Waals surface area contributed by atoms with Crippen LogP contribution in [-0.4, -0.2) is 14.8 Å². The van der Waals surface area contributed by atoms with Crippen molar-refractivity contribution < 1.29 is 0 Å². The molecule has 0 aliphatic heterocycles. The lowest BCUT2D eigenvalue weighted by molar-refractivity contribution is 0.566. The second-order valence-corrected chi connectivity index (χ2v) is 6.74. The highest BCUT2D eigenvalue weighted by atomic mass is 79.9. The van der Waals surface area contributed by atoms with Gasteiger partial charge in [-0.05, 0) is 25.3 Å². The molecule has 1 aromatic rings. The molecule has 0 saturated heterocycles. The van der Waals surface area contributed by atoms with Crippen LogP contribution in [0.2, 0.25) is 0 Å². The Bertz CT molecular complexity index is 361. The lowest BCUT2D eigenvalue weighted by Gasteiger charge is -2.13. The lowest BCUT2D eigenvalue weighted by Crippen LogP contribution is -2.10. The average Bonchev–Trinajstić information content (AvgIpc) is 2.14. The van der Waals surface area contributed by atoms with Gasteiger partial charge in [0, 0.05) is 28.6 Å². The fraction of sp³-hybridized carbons (Fsp3) is 0.714. The summed E-state index contributed by atoms with van der Waals surface area (Å²) in [4.78, 5) is 9.63. The molecular weight excluding hydrogens is 276 g/mol.